The highest BCUT2D eigenvalue weighted by Crippen LogP contribution is 2.35. The largest absolute Gasteiger partial charge is 0.619 e. The molecule has 2 aromatic rings. The standard InChI is InChI=1S/C28H38N4O5/c1-4-5-15-32-26(34)24(25(33)20(2)3)29-27(35)28(32)12-16-30(17-13-28)18-21-8-10-22(11-9-21)37-23-7-6-14-31(36)19-23/h6-11,14,19-20,24-25,33H,4-5,12-13,15-18H2,1-3H3,(H,29,35)/t24-,25-/m1/s1. The summed E-state index contributed by atoms with van der Waals surface area (Å²) in [6, 6.07) is 10.2. The Bertz CT molecular complexity index is 1080. The van der Waals surface area contributed by atoms with Gasteiger partial charge < -0.3 is 25.3 Å². The zero-order valence-electron chi connectivity index (χ0n) is 21.9. The molecule has 2 saturated heterocycles. The van der Waals surface area contributed by atoms with Crippen molar-refractivity contribution in [2.75, 3.05) is 19.6 Å². The fourth-order valence-corrected chi connectivity index (χ4v) is 5.23. The molecule has 9 heteroatoms. The lowest BCUT2D eigenvalue weighted by atomic mass is 9.80. The lowest BCUT2D eigenvalue weighted by Crippen LogP contribution is -2.74. The number of aliphatic hydroxyl groups is 1. The van der Waals surface area contributed by atoms with E-state index >= 15 is 0 Å². The maximum Gasteiger partial charge on any atom is 0.248 e. The van der Waals surface area contributed by atoms with Crippen molar-refractivity contribution in [2.45, 2.75) is 70.7 Å². The number of amides is 2. The number of nitrogens with zero attached hydrogens (tertiary/aromatic N) is 3. The number of nitrogens with one attached hydrogen (secondary N) is 1. The van der Waals surface area contributed by atoms with Gasteiger partial charge in [0.2, 0.25) is 18.0 Å². The Morgan fingerprint density at radius 1 is 1.16 bits per heavy atom. The summed E-state index contributed by atoms with van der Waals surface area (Å²) in [5.74, 6) is 0.677. The predicted molar refractivity (Wildman–Crippen MR) is 139 cm³/mol. The zero-order valence-corrected chi connectivity index (χ0v) is 21.9. The van der Waals surface area contributed by atoms with Crippen LogP contribution in [0.15, 0.2) is 48.8 Å². The Morgan fingerprint density at radius 3 is 2.49 bits per heavy atom. The van der Waals surface area contributed by atoms with Crippen LogP contribution in [0.5, 0.6) is 11.5 Å². The highest BCUT2D eigenvalue weighted by atomic mass is 16.5. The summed E-state index contributed by atoms with van der Waals surface area (Å²) in [6.07, 6.45) is 4.73. The Balaban J connectivity index is 1.40. The molecule has 2 fully saturated rings. The molecule has 2 N–H and O–H groups in total. The van der Waals surface area contributed by atoms with Crippen LogP contribution in [0.4, 0.5) is 0 Å². The first-order valence-electron chi connectivity index (χ1n) is 13.2. The molecule has 2 amide bonds. The summed E-state index contributed by atoms with van der Waals surface area (Å²) < 4.78 is 6.45. The highest BCUT2D eigenvalue weighted by Gasteiger charge is 2.54. The summed E-state index contributed by atoms with van der Waals surface area (Å²) in [4.78, 5) is 31.0. The summed E-state index contributed by atoms with van der Waals surface area (Å²) in [7, 11) is 0. The number of rotatable bonds is 9. The van der Waals surface area contributed by atoms with Crippen molar-refractivity contribution in [3.05, 3.63) is 59.6 Å². The van der Waals surface area contributed by atoms with Crippen molar-refractivity contribution in [3.63, 3.8) is 0 Å². The molecule has 4 rings (SSSR count). The smallest absolute Gasteiger partial charge is 0.248 e. The Labute approximate surface area is 218 Å². The van der Waals surface area contributed by atoms with Gasteiger partial charge in [-0.2, -0.15) is 4.73 Å². The van der Waals surface area contributed by atoms with Crippen LogP contribution in [0.3, 0.4) is 0 Å². The Kier molecular flexibility index (Phi) is 8.34. The van der Waals surface area contributed by atoms with Crippen LogP contribution in [0.25, 0.3) is 0 Å². The lowest BCUT2D eigenvalue weighted by Gasteiger charge is -2.52. The van der Waals surface area contributed by atoms with Crippen LogP contribution in [0.1, 0.15) is 52.0 Å². The van der Waals surface area contributed by atoms with Crippen LogP contribution in [-0.4, -0.2) is 64.0 Å². The van der Waals surface area contributed by atoms with E-state index in [-0.39, 0.29) is 17.7 Å². The predicted octanol–water partition coefficient (Wildman–Crippen LogP) is 2.59. The number of piperazine rings is 1. The van der Waals surface area contributed by atoms with E-state index in [2.05, 4.69) is 17.1 Å². The second-order valence-corrected chi connectivity index (χ2v) is 10.5. The molecule has 0 radical (unpaired) electrons. The monoisotopic (exact) mass is 510 g/mol. The second-order valence-electron chi connectivity index (χ2n) is 10.5. The third kappa shape index (κ3) is 5.88. The minimum absolute atomic E-state index is 0.134. The quantitative estimate of drug-likeness (QED) is 0.397. The molecule has 0 bridgehead atoms. The lowest BCUT2D eigenvalue weighted by molar-refractivity contribution is -0.605. The molecule has 1 spiro atoms. The molecular formula is C28H38N4O5. The SMILES string of the molecule is CCCCN1C(=O)[C@@H]([C@H](O)C(C)C)NC(=O)C12CCN(Cc1ccc(Oc3ccc[n+]([O-])c3)cc1)CC2. The van der Waals surface area contributed by atoms with E-state index in [0.717, 1.165) is 24.9 Å². The van der Waals surface area contributed by atoms with Crippen molar-refractivity contribution in [1.29, 1.82) is 0 Å². The van der Waals surface area contributed by atoms with Gasteiger partial charge >= 0.3 is 0 Å². The summed E-state index contributed by atoms with van der Waals surface area (Å²) >= 11 is 0. The maximum atomic E-state index is 13.5. The minimum Gasteiger partial charge on any atom is -0.619 e. The number of carbonyl (C=O) groups is 2. The van der Waals surface area contributed by atoms with E-state index in [1.165, 1.54) is 12.4 Å². The Hall–Kier alpha value is -3.17. The first-order chi connectivity index (χ1) is 17.7. The second kappa shape index (κ2) is 11.5. The summed E-state index contributed by atoms with van der Waals surface area (Å²) in [5.41, 5.74) is 0.254. The highest BCUT2D eigenvalue weighted by molar-refractivity contribution is 6.00. The topological polar surface area (TPSA) is 109 Å². The minimum atomic E-state index is -0.909. The van der Waals surface area contributed by atoms with Gasteiger partial charge in [0.05, 0.1) is 6.10 Å². The van der Waals surface area contributed by atoms with Crippen molar-refractivity contribution in [3.8, 4) is 11.5 Å². The van der Waals surface area contributed by atoms with Crippen LogP contribution >= 0.6 is 0 Å². The molecule has 0 saturated carbocycles. The van der Waals surface area contributed by atoms with Crippen LogP contribution in [0, 0.1) is 11.1 Å². The summed E-state index contributed by atoms with van der Waals surface area (Å²) in [6.45, 7) is 8.40. The molecule has 2 aliphatic heterocycles. The number of aliphatic hydroxyl groups excluding tert-OH is 1. The molecule has 200 valence electrons. The van der Waals surface area contributed by atoms with Crippen molar-refractivity contribution >= 4 is 11.8 Å². The number of benzene rings is 1. The number of unbranched alkanes of at least 4 members (excludes halogenated alkanes) is 1. The molecule has 2 atom stereocenters. The summed E-state index contributed by atoms with van der Waals surface area (Å²) in [5, 5.41) is 24.9. The van der Waals surface area contributed by atoms with E-state index < -0.39 is 17.7 Å². The van der Waals surface area contributed by atoms with Crippen molar-refractivity contribution in [1.82, 2.24) is 15.1 Å². The molecule has 1 aromatic heterocycles. The van der Waals surface area contributed by atoms with Gasteiger partial charge in [0.15, 0.2) is 11.9 Å². The molecule has 3 heterocycles. The fourth-order valence-electron chi connectivity index (χ4n) is 5.23. The fraction of sp³-hybridized carbons (Fsp3) is 0.536. The average Bonchev–Trinajstić information content (AvgIpc) is 2.88. The van der Waals surface area contributed by atoms with E-state index in [1.807, 2.05) is 38.1 Å². The van der Waals surface area contributed by atoms with Gasteiger partial charge in [0.1, 0.15) is 17.3 Å². The number of hydrogen-bond donors (Lipinski definition) is 2. The van der Waals surface area contributed by atoms with Gasteiger partial charge in [-0.3, -0.25) is 14.5 Å². The number of piperidine rings is 1. The molecular weight excluding hydrogens is 472 g/mol. The maximum absolute atomic E-state index is 13.5. The number of hydrogen-bond acceptors (Lipinski definition) is 6. The first kappa shape index (κ1) is 26.9. The zero-order chi connectivity index (χ0) is 26.6. The van der Waals surface area contributed by atoms with Gasteiger partial charge in [-0.05, 0) is 48.9 Å². The molecule has 2 aliphatic rings. The number of likely N-dealkylation sites (tertiary alicyclic amines) is 1. The number of aromatic nitrogens is 1. The van der Waals surface area contributed by atoms with E-state index in [1.54, 1.807) is 17.0 Å². The van der Waals surface area contributed by atoms with Gasteiger partial charge in [-0.1, -0.05) is 39.3 Å². The Morgan fingerprint density at radius 2 is 1.86 bits per heavy atom. The molecule has 37 heavy (non-hydrogen) atoms. The van der Waals surface area contributed by atoms with Gasteiger partial charge in [-0.25, -0.2) is 0 Å². The number of pyridine rings is 1. The van der Waals surface area contributed by atoms with Gasteiger partial charge in [0, 0.05) is 32.2 Å². The van der Waals surface area contributed by atoms with Crippen LogP contribution < -0.4 is 14.8 Å². The van der Waals surface area contributed by atoms with Crippen molar-refractivity contribution < 1.29 is 24.2 Å². The normalized spacial score (nSPS) is 20.8. The van der Waals surface area contributed by atoms with E-state index in [4.69, 9.17) is 4.74 Å². The first-order valence-corrected chi connectivity index (χ1v) is 13.2. The third-order valence-corrected chi connectivity index (χ3v) is 7.51. The number of carbonyl (C=O) groups excluding carboxylic acids is 2. The van der Waals surface area contributed by atoms with Gasteiger partial charge in [0.25, 0.3) is 0 Å². The number of ether oxygens (including phenoxy) is 1. The van der Waals surface area contributed by atoms with E-state index in [0.29, 0.717) is 48.7 Å². The third-order valence-electron chi connectivity index (χ3n) is 7.51. The van der Waals surface area contributed by atoms with E-state index in [9.17, 15) is 19.9 Å². The molecule has 0 aliphatic carbocycles. The van der Waals surface area contributed by atoms with Crippen molar-refractivity contribution in [2.24, 2.45) is 5.92 Å². The van der Waals surface area contributed by atoms with Gasteiger partial charge in [-0.15, -0.1) is 0 Å². The van der Waals surface area contributed by atoms with Crippen LogP contribution in [-0.2, 0) is 16.1 Å². The molecule has 1 aromatic carbocycles. The molecule has 0 unspecified atom stereocenters. The van der Waals surface area contributed by atoms with Crippen LogP contribution in [0.2, 0.25) is 0 Å². The average molecular weight is 511 g/mol. The molecule has 9 nitrogen and oxygen atoms in total.